The Labute approximate surface area is 88.0 Å². The third kappa shape index (κ3) is 2.15. The fraction of sp³-hybridized carbons (Fsp3) is 0.167. The number of hydrogen-bond donors (Lipinski definition) is 0. The summed E-state index contributed by atoms with van der Waals surface area (Å²) in [6, 6.07) is 14.2. The van der Waals surface area contributed by atoms with Gasteiger partial charge >= 0.3 is 0 Å². The summed E-state index contributed by atoms with van der Waals surface area (Å²) in [6.45, 7) is 2.06. The first-order valence-corrected chi connectivity index (χ1v) is 5.49. The molecule has 0 saturated carbocycles. The molecule has 0 radical (unpaired) electrons. The molecule has 0 fully saturated rings. The zero-order chi connectivity index (χ0) is 9.80. The van der Waals surface area contributed by atoms with Gasteiger partial charge in [-0.15, -0.1) is 11.3 Å². The van der Waals surface area contributed by atoms with Gasteiger partial charge in [-0.3, -0.25) is 0 Å². The van der Waals surface area contributed by atoms with Crippen LogP contribution in [-0.4, -0.2) is 0 Å². The Bertz CT molecular complexity index is 366. The summed E-state index contributed by atoms with van der Waals surface area (Å²) in [5, 5.41) is 2.99. The molecule has 1 heterocycles. The lowest BCUT2D eigenvalue weighted by atomic mass is 10.1. The molecule has 0 saturated heterocycles. The fourth-order valence-corrected chi connectivity index (χ4v) is 1.95. The minimum absolute atomic E-state index is 0.120. The Hall–Kier alpha value is -1.28. The first-order valence-electron chi connectivity index (χ1n) is 4.61. The van der Waals surface area contributed by atoms with Crippen molar-refractivity contribution in [3.05, 3.63) is 53.4 Å². The Morgan fingerprint density at radius 3 is 2.50 bits per heavy atom. The second kappa shape index (κ2) is 4.29. The van der Waals surface area contributed by atoms with Gasteiger partial charge in [0.05, 0.1) is 0 Å². The van der Waals surface area contributed by atoms with E-state index in [-0.39, 0.29) is 6.10 Å². The van der Waals surface area contributed by atoms with Crippen LogP contribution in [0.2, 0.25) is 0 Å². The molecule has 0 N–H and O–H groups in total. The highest BCUT2D eigenvalue weighted by Gasteiger charge is 2.06. The monoisotopic (exact) mass is 204 g/mol. The Balaban J connectivity index is 2.07. The molecular weight excluding hydrogens is 192 g/mol. The second-order valence-corrected chi connectivity index (χ2v) is 4.01. The Morgan fingerprint density at radius 2 is 1.86 bits per heavy atom. The lowest BCUT2D eigenvalue weighted by Gasteiger charge is -2.12. The summed E-state index contributed by atoms with van der Waals surface area (Å²) in [6.07, 6.45) is 0.120. The molecule has 2 aromatic rings. The quantitative estimate of drug-likeness (QED) is 0.737. The maximum Gasteiger partial charge on any atom is 0.174 e. The zero-order valence-corrected chi connectivity index (χ0v) is 8.83. The van der Waals surface area contributed by atoms with Gasteiger partial charge in [-0.05, 0) is 30.0 Å². The number of thiophene rings is 1. The second-order valence-electron chi connectivity index (χ2n) is 3.10. The number of ether oxygens (including phenoxy) is 1. The highest BCUT2D eigenvalue weighted by Crippen LogP contribution is 2.25. The molecule has 1 aromatic heterocycles. The summed E-state index contributed by atoms with van der Waals surface area (Å²) in [7, 11) is 0. The smallest absolute Gasteiger partial charge is 0.174 e. The van der Waals surface area contributed by atoms with Crippen LogP contribution in [-0.2, 0) is 0 Å². The molecule has 2 rings (SSSR count). The molecule has 14 heavy (non-hydrogen) atoms. The zero-order valence-electron chi connectivity index (χ0n) is 8.01. The molecule has 1 unspecified atom stereocenters. The topological polar surface area (TPSA) is 9.23 Å². The van der Waals surface area contributed by atoms with Gasteiger partial charge in [0.2, 0.25) is 0 Å². The molecular formula is C12H12OS. The maximum absolute atomic E-state index is 5.76. The van der Waals surface area contributed by atoms with Crippen LogP contribution in [0.4, 0.5) is 0 Å². The van der Waals surface area contributed by atoms with E-state index in [0.29, 0.717) is 0 Å². The summed E-state index contributed by atoms with van der Waals surface area (Å²) in [5.74, 6) is 0. The van der Waals surface area contributed by atoms with Crippen LogP contribution in [0.25, 0.3) is 0 Å². The maximum atomic E-state index is 5.76. The number of hydrogen-bond acceptors (Lipinski definition) is 2. The average molecular weight is 204 g/mol. The first-order chi connectivity index (χ1) is 6.86. The molecule has 1 aromatic carbocycles. The van der Waals surface area contributed by atoms with Gasteiger partial charge in [0.15, 0.2) is 5.06 Å². The van der Waals surface area contributed by atoms with Crippen LogP contribution >= 0.6 is 11.3 Å². The lowest BCUT2D eigenvalue weighted by molar-refractivity contribution is 0.234. The van der Waals surface area contributed by atoms with Crippen molar-refractivity contribution in [3.63, 3.8) is 0 Å². The van der Waals surface area contributed by atoms with Crippen molar-refractivity contribution >= 4 is 11.3 Å². The van der Waals surface area contributed by atoms with Gasteiger partial charge in [-0.1, -0.05) is 30.3 Å². The lowest BCUT2D eigenvalue weighted by Crippen LogP contribution is -2.01. The molecule has 0 amide bonds. The van der Waals surface area contributed by atoms with E-state index in [1.165, 1.54) is 5.56 Å². The molecule has 0 aliphatic rings. The molecule has 72 valence electrons. The van der Waals surface area contributed by atoms with Crippen molar-refractivity contribution in [1.82, 2.24) is 0 Å². The SMILES string of the molecule is CC(Oc1cccs1)c1ccccc1. The minimum Gasteiger partial charge on any atom is -0.476 e. The largest absolute Gasteiger partial charge is 0.476 e. The van der Waals surface area contributed by atoms with Crippen LogP contribution in [0, 0.1) is 0 Å². The van der Waals surface area contributed by atoms with Crippen molar-refractivity contribution in [2.45, 2.75) is 13.0 Å². The summed E-state index contributed by atoms with van der Waals surface area (Å²) < 4.78 is 5.76. The van der Waals surface area contributed by atoms with Crippen LogP contribution in [0.5, 0.6) is 5.06 Å². The number of rotatable bonds is 3. The highest BCUT2D eigenvalue weighted by atomic mass is 32.1. The Kier molecular flexibility index (Phi) is 2.84. The van der Waals surface area contributed by atoms with Crippen LogP contribution in [0.15, 0.2) is 47.8 Å². The molecule has 1 atom stereocenters. The van der Waals surface area contributed by atoms with Gasteiger partial charge < -0.3 is 4.74 Å². The van der Waals surface area contributed by atoms with Crippen LogP contribution in [0.1, 0.15) is 18.6 Å². The van der Waals surface area contributed by atoms with E-state index >= 15 is 0 Å². The number of benzene rings is 1. The molecule has 0 spiro atoms. The molecule has 1 nitrogen and oxygen atoms in total. The van der Waals surface area contributed by atoms with E-state index in [0.717, 1.165) is 5.06 Å². The summed E-state index contributed by atoms with van der Waals surface area (Å²) in [4.78, 5) is 0. The van der Waals surface area contributed by atoms with Crippen molar-refractivity contribution < 1.29 is 4.74 Å². The summed E-state index contributed by atoms with van der Waals surface area (Å²) >= 11 is 1.62. The van der Waals surface area contributed by atoms with Crippen LogP contribution in [0.3, 0.4) is 0 Å². The average Bonchev–Trinajstić information content (AvgIpc) is 2.72. The summed E-state index contributed by atoms with van der Waals surface area (Å²) in [5.41, 5.74) is 1.21. The van der Waals surface area contributed by atoms with E-state index in [1.54, 1.807) is 11.3 Å². The van der Waals surface area contributed by atoms with Gasteiger partial charge in [-0.25, -0.2) is 0 Å². The normalized spacial score (nSPS) is 12.4. The van der Waals surface area contributed by atoms with Gasteiger partial charge in [0, 0.05) is 0 Å². The van der Waals surface area contributed by atoms with Crippen molar-refractivity contribution in [1.29, 1.82) is 0 Å². The molecule has 0 aliphatic heterocycles. The van der Waals surface area contributed by atoms with E-state index in [4.69, 9.17) is 4.74 Å². The van der Waals surface area contributed by atoms with Crippen molar-refractivity contribution in [3.8, 4) is 5.06 Å². The van der Waals surface area contributed by atoms with Crippen molar-refractivity contribution in [2.24, 2.45) is 0 Å². The van der Waals surface area contributed by atoms with Gasteiger partial charge in [0.1, 0.15) is 6.10 Å². The van der Waals surface area contributed by atoms with Crippen molar-refractivity contribution in [2.75, 3.05) is 0 Å². The van der Waals surface area contributed by atoms with E-state index < -0.39 is 0 Å². The highest BCUT2D eigenvalue weighted by molar-refractivity contribution is 7.11. The van der Waals surface area contributed by atoms with Gasteiger partial charge in [-0.2, -0.15) is 0 Å². The molecule has 0 bridgehead atoms. The predicted octanol–water partition coefficient (Wildman–Crippen LogP) is 3.89. The van der Waals surface area contributed by atoms with Gasteiger partial charge in [0.25, 0.3) is 0 Å². The minimum atomic E-state index is 0.120. The third-order valence-corrected chi connectivity index (χ3v) is 2.81. The first kappa shape index (κ1) is 9.28. The Morgan fingerprint density at radius 1 is 1.07 bits per heavy atom. The van der Waals surface area contributed by atoms with E-state index in [1.807, 2.05) is 35.7 Å². The van der Waals surface area contributed by atoms with Crippen LogP contribution < -0.4 is 4.74 Å². The fourth-order valence-electron chi connectivity index (χ4n) is 1.30. The predicted molar refractivity (Wildman–Crippen MR) is 59.8 cm³/mol. The van der Waals surface area contributed by atoms with E-state index in [9.17, 15) is 0 Å². The third-order valence-electron chi connectivity index (χ3n) is 2.06. The standard InChI is InChI=1S/C12H12OS/c1-10(11-6-3-2-4-7-11)13-12-8-5-9-14-12/h2-10H,1H3. The van der Waals surface area contributed by atoms with E-state index in [2.05, 4.69) is 19.1 Å². The molecule has 0 aliphatic carbocycles. The molecule has 2 heteroatoms.